The summed E-state index contributed by atoms with van der Waals surface area (Å²) < 4.78 is 34.2. The predicted octanol–water partition coefficient (Wildman–Crippen LogP) is 5.84. The molecule has 0 heterocycles. The van der Waals surface area contributed by atoms with Crippen molar-refractivity contribution >= 4 is 50.7 Å². The Kier molecular flexibility index (Phi) is 11.1. The number of nitrogens with one attached hydrogen (secondary N) is 1. The van der Waals surface area contributed by atoms with Crippen molar-refractivity contribution < 1.29 is 22.7 Å². The van der Waals surface area contributed by atoms with Crippen molar-refractivity contribution in [2.45, 2.75) is 57.6 Å². The van der Waals surface area contributed by atoms with Crippen LogP contribution in [-0.2, 0) is 26.2 Å². The summed E-state index contributed by atoms with van der Waals surface area (Å²) >= 11 is 12.7. The first-order chi connectivity index (χ1) is 19.4. The minimum atomic E-state index is -4.27. The molecule has 0 saturated carbocycles. The predicted molar refractivity (Wildman–Crippen MR) is 163 cm³/mol. The smallest absolute Gasteiger partial charge is 0.264 e. The molecule has 2 amide bonds. The molecule has 3 aromatic rings. The van der Waals surface area contributed by atoms with Gasteiger partial charge in [0.2, 0.25) is 11.8 Å². The third-order valence-electron chi connectivity index (χ3n) is 6.72. The molecule has 11 heteroatoms. The van der Waals surface area contributed by atoms with Gasteiger partial charge < -0.3 is 15.0 Å². The van der Waals surface area contributed by atoms with Gasteiger partial charge in [0.25, 0.3) is 10.0 Å². The van der Waals surface area contributed by atoms with Crippen molar-refractivity contribution in [1.29, 1.82) is 0 Å². The van der Waals surface area contributed by atoms with Gasteiger partial charge in [0.05, 0.1) is 22.7 Å². The van der Waals surface area contributed by atoms with Gasteiger partial charge in [0.1, 0.15) is 18.3 Å². The minimum absolute atomic E-state index is 0.0196. The molecule has 0 aliphatic carbocycles. The molecule has 41 heavy (non-hydrogen) atoms. The average molecular weight is 621 g/mol. The number of amides is 2. The van der Waals surface area contributed by atoms with Crippen LogP contribution in [0.3, 0.4) is 0 Å². The molecule has 0 spiro atoms. The highest BCUT2D eigenvalue weighted by atomic mass is 35.5. The van der Waals surface area contributed by atoms with E-state index in [9.17, 15) is 18.0 Å². The fourth-order valence-corrected chi connectivity index (χ4v) is 5.90. The summed E-state index contributed by atoms with van der Waals surface area (Å²) in [5.41, 5.74) is 1.62. The Morgan fingerprint density at radius 3 is 2.32 bits per heavy atom. The zero-order chi connectivity index (χ0) is 30.3. The van der Waals surface area contributed by atoms with E-state index in [2.05, 4.69) is 5.32 Å². The van der Waals surface area contributed by atoms with E-state index in [0.29, 0.717) is 17.7 Å². The summed E-state index contributed by atoms with van der Waals surface area (Å²) in [4.78, 5) is 28.6. The largest absolute Gasteiger partial charge is 0.497 e. The minimum Gasteiger partial charge on any atom is -0.497 e. The van der Waals surface area contributed by atoms with Crippen LogP contribution in [0.25, 0.3) is 0 Å². The molecule has 220 valence electrons. The molecule has 8 nitrogen and oxygen atoms in total. The Hall–Kier alpha value is -3.27. The van der Waals surface area contributed by atoms with Gasteiger partial charge in [-0.05, 0) is 75.2 Å². The highest BCUT2D eigenvalue weighted by molar-refractivity contribution is 7.92. The van der Waals surface area contributed by atoms with Gasteiger partial charge in [0.15, 0.2) is 0 Å². The monoisotopic (exact) mass is 619 g/mol. The number of sulfonamides is 1. The van der Waals surface area contributed by atoms with E-state index in [0.717, 1.165) is 9.87 Å². The number of halogens is 2. The summed E-state index contributed by atoms with van der Waals surface area (Å²) in [5.74, 6) is -0.378. The van der Waals surface area contributed by atoms with Crippen molar-refractivity contribution in [1.82, 2.24) is 10.2 Å². The molecular weight excluding hydrogens is 585 g/mol. The van der Waals surface area contributed by atoms with Crippen molar-refractivity contribution in [3.8, 4) is 5.75 Å². The number of carbonyl (C=O) groups is 2. The Morgan fingerprint density at radius 1 is 1.00 bits per heavy atom. The zero-order valence-corrected chi connectivity index (χ0v) is 26.1. The Morgan fingerprint density at radius 2 is 1.68 bits per heavy atom. The normalized spacial score (nSPS) is 12.8. The van der Waals surface area contributed by atoms with Gasteiger partial charge >= 0.3 is 0 Å². The Bertz CT molecular complexity index is 1480. The summed E-state index contributed by atoms with van der Waals surface area (Å²) in [6.45, 7) is 6.68. The summed E-state index contributed by atoms with van der Waals surface area (Å²) in [6.07, 6.45) is 0.706. The maximum Gasteiger partial charge on any atom is 0.264 e. The first kappa shape index (κ1) is 32.2. The topological polar surface area (TPSA) is 96.0 Å². The van der Waals surface area contributed by atoms with Gasteiger partial charge in [-0.15, -0.1) is 0 Å². The van der Waals surface area contributed by atoms with Gasteiger partial charge in [-0.25, -0.2) is 8.42 Å². The summed E-state index contributed by atoms with van der Waals surface area (Å²) in [6, 6.07) is 16.8. The Labute approximate surface area is 252 Å². The standard InChI is InChI=1S/C30H35Cl2N3O5S/c1-6-21(3)33-30(37)22(4)34(18-23-8-7-9-25(16-23)40-5)29(36)19-35(28-17-24(31)12-15-27(28)32)41(38,39)26-13-10-20(2)11-14-26/h7-17,21-22H,6,18-19H2,1-5H3,(H,33,37)/t21-,22-/m0/s1. The second-order valence-electron chi connectivity index (χ2n) is 9.79. The second kappa shape index (κ2) is 14.1. The van der Waals surface area contributed by atoms with Crippen LogP contribution in [0.5, 0.6) is 5.75 Å². The van der Waals surface area contributed by atoms with Crippen LogP contribution in [0, 0.1) is 6.92 Å². The molecule has 1 N–H and O–H groups in total. The Balaban J connectivity index is 2.08. The highest BCUT2D eigenvalue weighted by Gasteiger charge is 2.33. The highest BCUT2D eigenvalue weighted by Crippen LogP contribution is 2.33. The van der Waals surface area contributed by atoms with Crippen LogP contribution < -0.4 is 14.4 Å². The van der Waals surface area contributed by atoms with E-state index in [1.165, 1.54) is 42.3 Å². The van der Waals surface area contributed by atoms with Crippen LogP contribution in [0.4, 0.5) is 5.69 Å². The number of aryl methyl sites for hydroxylation is 1. The average Bonchev–Trinajstić information content (AvgIpc) is 2.95. The SMILES string of the molecule is CC[C@H](C)NC(=O)[C@H](C)N(Cc1cccc(OC)c1)C(=O)CN(c1cc(Cl)ccc1Cl)S(=O)(=O)c1ccc(C)cc1. The number of anilines is 1. The fraction of sp³-hybridized carbons (Fsp3) is 0.333. The van der Waals surface area contributed by atoms with Crippen LogP contribution in [0.1, 0.15) is 38.3 Å². The van der Waals surface area contributed by atoms with Crippen molar-refractivity contribution in [2.75, 3.05) is 18.0 Å². The second-order valence-corrected chi connectivity index (χ2v) is 12.5. The zero-order valence-electron chi connectivity index (χ0n) is 23.7. The lowest BCUT2D eigenvalue weighted by atomic mass is 10.1. The molecule has 0 bridgehead atoms. The van der Waals surface area contributed by atoms with Gasteiger partial charge in [-0.2, -0.15) is 0 Å². The lowest BCUT2D eigenvalue weighted by Gasteiger charge is -2.32. The number of nitrogens with zero attached hydrogens (tertiary/aromatic N) is 2. The third kappa shape index (κ3) is 8.15. The molecule has 0 saturated heterocycles. The first-order valence-corrected chi connectivity index (χ1v) is 15.3. The van der Waals surface area contributed by atoms with Crippen molar-refractivity contribution in [2.24, 2.45) is 0 Å². The summed E-state index contributed by atoms with van der Waals surface area (Å²) in [5, 5.41) is 3.25. The number of methoxy groups -OCH3 is 1. The fourth-order valence-electron chi connectivity index (χ4n) is 4.04. The molecule has 0 fully saturated rings. The number of benzene rings is 3. The lowest BCUT2D eigenvalue weighted by Crippen LogP contribution is -2.52. The number of rotatable bonds is 12. The molecule has 0 aliphatic rings. The third-order valence-corrected chi connectivity index (χ3v) is 9.05. The van der Waals surface area contributed by atoms with Crippen LogP contribution in [0.2, 0.25) is 10.0 Å². The molecular formula is C30H35Cl2N3O5S. The molecule has 2 atom stereocenters. The maximum absolute atomic E-state index is 14.0. The maximum atomic E-state index is 14.0. The number of hydrogen-bond donors (Lipinski definition) is 1. The number of ether oxygens (including phenoxy) is 1. The van der Waals surface area contributed by atoms with E-state index in [-0.39, 0.29) is 39.1 Å². The van der Waals surface area contributed by atoms with Gasteiger partial charge in [-0.3, -0.25) is 13.9 Å². The number of hydrogen-bond acceptors (Lipinski definition) is 5. The van der Waals surface area contributed by atoms with Crippen LogP contribution >= 0.6 is 23.2 Å². The molecule has 0 radical (unpaired) electrons. The van der Waals surface area contributed by atoms with E-state index in [1.54, 1.807) is 43.3 Å². The molecule has 3 rings (SSSR count). The molecule has 3 aromatic carbocycles. The van der Waals surface area contributed by atoms with Gasteiger partial charge in [-0.1, -0.05) is 60.0 Å². The van der Waals surface area contributed by atoms with Crippen LogP contribution in [-0.4, -0.2) is 50.9 Å². The van der Waals surface area contributed by atoms with E-state index in [1.807, 2.05) is 20.8 Å². The van der Waals surface area contributed by atoms with E-state index >= 15 is 0 Å². The van der Waals surface area contributed by atoms with Crippen molar-refractivity contribution in [3.05, 3.63) is 87.9 Å². The van der Waals surface area contributed by atoms with Crippen molar-refractivity contribution in [3.63, 3.8) is 0 Å². The quantitative estimate of drug-likeness (QED) is 0.275. The first-order valence-electron chi connectivity index (χ1n) is 13.1. The van der Waals surface area contributed by atoms with Gasteiger partial charge in [0, 0.05) is 17.6 Å². The molecule has 0 unspecified atom stereocenters. The van der Waals surface area contributed by atoms with E-state index in [4.69, 9.17) is 27.9 Å². The molecule has 0 aliphatic heterocycles. The lowest BCUT2D eigenvalue weighted by molar-refractivity contribution is -0.139. The van der Waals surface area contributed by atoms with E-state index < -0.39 is 28.5 Å². The summed E-state index contributed by atoms with van der Waals surface area (Å²) in [7, 11) is -2.73. The van der Waals surface area contributed by atoms with Crippen LogP contribution in [0.15, 0.2) is 71.6 Å². The molecule has 0 aromatic heterocycles. The number of carbonyl (C=O) groups excluding carboxylic acids is 2.